The molecule has 1 fully saturated rings. The van der Waals surface area contributed by atoms with E-state index >= 15 is 0 Å². The van der Waals surface area contributed by atoms with E-state index in [1.165, 1.54) is 22.5 Å². The molecule has 0 aromatic heterocycles. The Labute approximate surface area is 197 Å². The topological polar surface area (TPSA) is 111 Å². The van der Waals surface area contributed by atoms with E-state index in [1.54, 1.807) is 6.07 Å². The number of carbonyl (C=O) groups is 2. The molecule has 1 heterocycles. The number of nitrogens with one attached hydrogen (secondary N) is 1. The number of anilines is 1. The van der Waals surface area contributed by atoms with E-state index < -0.39 is 28.5 Å². The lowest BCUT2D eigenvalue weighted by molar-refractivity contribution is -0.147. The second kappa shape index (κ2) is 11.5. The molecule has 2 aromatic rings. The Morgan fingerprint density at radius 3 is 2.61 bits per heavy atom. The molecule has 1 saturated heterocycles. The Morgan fingerprint density at radius 1 is 1.15 bits per heavy atom. The summed E-state index contributed by atoms with van der Waals surface area (Å²) in [5, 5.41) is 2.56. The molecule has 1 N–H and O–H groups in total. The summed E-state index contributed by atoms with van der Waals surface area (Å²) in [5.41, 5.74) is 1.17. The average molecular weight is 497 g/mol. The summed E-state index contributed by atoms with van der Waals surface area (Å²) in [5.74, 6) is -0.528. The fourth-order valence-electron chi connectivity index (χ4n) is 3.08. The van der Waals surface area contributed by atoms with Crippen molar-refractivity contribution in [2.24, 2.45) is 0 Å². The molecule has 3 rings (SSSR count). The number of esters is 1. The highest BCUT2D eigenvalue weighted by atomic mass is 35.5. The molecule has 1 aliphatic heterocycles. The second-order valence-corrected chi connectivity index (χ2v) is 9.55. The highest BCUT2D eigenvalue weighted by Gasteiger charge is 2.28. The third kappa shape index (κ3) is 6.91. The Balaban J connectivity index is 1.50. The van der Waals surface area contributed by atoms with Crippen LogP contribution in [-0.2, 0) is 29.1 Å². The zero-order valence-corrected chi connectivity index (χ0v) is 19.7. The van der Waals surface area contributed by atoms with Gasteiger partial charge in [0.2, 0.25) is 10.0 Å². The molecule has 0 atom stereocenters. The summed E-state index contributed by atoms with van der Waals surface area (Å²) in [6.45, 7) is 2.54. The van der Waals surface area contributed by atoms with Gasteiger partial charge in [-0.1, -0.05) is 29.8 Å². The van der Waals surface area contributed by atoms with Gasteiger partial charge in [0, 0.05) is 18.8 Å². The monoisotopic (exact) mass is 496 g/mol. The van der Waals surface area contributed by atoms with E-state index in [4.69, 9.17) is 25.8 Å². The van der Waals surface area contributed by atoms with Crippen LogP contribution in [0.3, 0.4) is 0 Å². The van der Waals surface area contributed by atoms with Gasteiger partial charge in [-0.2, -0.15) is 4.31 Å². The number of ether oxygens (including phenoxy) is 3. The Morgan fingerprint density at radius 2 is 1.88 bits per heavy atom. The molecule has 0 bridgehead atoms. The lowest BCUT2D eigenvalue weighted by Gasteiger charge is -2.26. The van der Waals surface area contributed by atoms with Crippen LogP contribution in [0.25, 0.3) is 0 Å². The summed E-state index contributed by atoms with van der Waals surface area (Å²) < 4.78 is 42.7. The standard InChI is InChI=1S/C22H25ClN2O7S/c1-16-4-2-3-5-19(16)31-11-8-22(27)32-15-21(26)24-17-6-7-18(23)20(14-17)33(28,29)25-9-12-30-13-10-25/h2-7,14H,8-13,15H2,1H3,(H,24,26). The van der Waals surface area contributed by atoms with Gasteiger partial charge in [-0.15, -0.1) is 0 Å². The summed E-state index contributed by atoms with van der Waals surface area (Å²) in [6.07, 6.45) is -0.0233. The molecule has 0 radical (unpaired) electrons. The number of aryl methyl sites for hydroxylation is 1. The first-order valence-corrected chi connectivity index (χ1v) is 12.1. The van der Waals surface area contributed by atoms with Crippen LogP contribution in [0.4, 0.5) is 5.69 Å². The van der Waals surface area contributed by atoms with Crippen LogP contribution < -0.4 is 10.1 Å². The zero-order chi connectivity index (χ0) is 23.8. The van der Waals surface area contributed by atoms with Crippen LogP contribution in [0.2, 0.25) is 5.02 Å². The first-order chi connectivity index (χ1) is 15.8. The van der Waals surface area contributed by atoms with Gasteiger partial charge in [-0.05, 0) is 36.8 Å². The van der Waals surface area contributed by atoms with Crippen molar-refractivity contribution in [1.82, 2.24) is 4.31 Å². The van der Waals surface area contributed by atoms with Gasteiger partial charge < -0.3 is 19.5 Å². The summed E-state index contributed by atoms with van der Waals surface area (Å²) in [4.78, 5) is 23.9. The quantitative estimate of drug-likeness (QED) is 0.531. The second-order valence-electron chi connectivity index (χ2n) is 7.23. The van der Waals surface area contributed by atoms with Crippen molar-refractivity contribution in [3.05, 3.63) is 53.1 Å². The number of hydrogen-bond donors (Lipinski definition) is 1. The van der Waals surface area contributed by atoms with Crippen molar-refractivity contribution in [2.45, 2.75) is 18.2 Å². The van der Waals surface area contributed by atoms with Gasteiger partial charge in [-0.25, -0.2) is 8.42 Å². The van der Waals surface area contributed by atoms with Crippen LogP contribution in [0.15, 0.2) is 47.4 Å². The van der Waals surface area contributed by atoms with E-state index in [1.807, 2.05) is 25.1 Å². The first kappa shape index (κ1) is 25.0. The zero-order valence-electron chi connectivity index (χ0n) is 18.1. The Kier molecular flexibility index (Phi) is 8.67. The highest BCUT2D eigenvalue weighted by molar-refractivity contribution is 7.89. The molecular formula is C22H25ClN2O7S. The minimum atomic E-state index is -3.84. The smallest absolute Gasteiger partial charge is 0.309 e. The number of halogens is 1. The van der Waals surface area contributed by atoms with Crippen LogP contribution in [0.1, 0.15) is 12.0 Å². The summed E-state index contributed by atoms with van der Waals surface area (Å²) in [7, 11) is -3.84. The lowest BCUT2D eigenvalue weighted by Crippen LogP contribution is -2.40. The average Bonchev–Trinajstić information content (AvgIpc) is 2.81. The van der Waals surface area contributed by atoms with Crippen molar-refractivity contribution in [3.63, 3.8) is 0 Å². The number of sulfonamides is 1. The Hall–Kier alpha value is -2.66. The number of para-hydroxylation sites is 1. The number of hydrogen-bond acceptors (Lipinski definition) is 7. The first-order valence-electron chi connectivity index (χ1n) is 10.3. The number of carbonyl (C=O) groups excluding carboxylic acids is 2. The molecule has 33 heavy (non-hydrogen) atoms. The van der Waals surface area contributed by atoms with E-state index in [0.29, 0.717) is 19.0 Å². The number of amides is 1. The molecule has 1 amide bonds. The van der Waals surface area contributed by atoms with E-state index in [-0.39, 0.29) is 41.7 Å². The third-order valence-electron chi connectivity index (χ3n) is 4.82. The van der Waals surface area contributed by atoms with Crippen LogP contribution in [0.5, 0.6) is 5.75 Å². The molecule has 9 nitrogen and oxygen atoms in total. The molecule has 2 aromatic carbocycles. The maximum absolute atomic E-state index is 12.9. The molecule has 178 valence electrons. The molecule has 0 spiro atoms. The highest BCUT2D eigenvalue weighted by Crippen LogP contribution is 2.28. The van der Waals surface area contributed by atoms with Crippen LogP contribution in [-0.4, -0.2) is 64.1 Å². The van der Waals surface area contributed by atoms with E-state index in [2.05, 4.69) is 5.32 Å². The van der Waals surface area contributed by atoms with Crippen molar-refractivity contribution >= 4 is 39.2 Å². The van der Waals surface area contributed by atoms with Crippen molar-refractivity contribution < 1.29 is 32.2 Å². The largest absolute Gasteiger partial charge is 0.493 e. The maximum Gasteiger partial charge on any atom is 0.309 e. The van der Waals surface area contributed by atoms with Gasteiger partial charge in [0.25, 0.3) is 5.91 Å². The molecule has 0 unspecified atom stereocenters. The van der Waals surface area contributed by atoms with Crippen molar-refractivity contribution in [2.75, 3.05) is 44.8 Å². The molecule has 1 aliphatic rings. The summed E-state index contributed by atoms with van der Waals surface area (Å²) >= 11 is 6.11. The fraction of sp³-hybridized carbons (Fsp3) is 0.364. The third-order valence-corrected chi connectivity index (χ3v) is 7.20. The van der Waals surface area contributed by atoms with Gasteiger partial charge in [0.15, 0.2) is 6.61 Å². The predicted octanol–water partition coefficient (Wildman–Crippen LogP) is 2.62. The fourth-order valence-corrected chi connectivity index (χ4v) is 4.99. The van der Waals surface area contributed by atoms with Gasteiger partial charge in [0.1, 0.15) is 10.6 Å². The molecule has 0 saturated carbocycles. The number of nitrogens with zero attached hydrogens (tertiary/aromatic N) is 1. The summed E-state index contributed by atoms with van der Waals surface area (Å²) in [6, 6.07) is 11.6. The molecule has 0 aliphatic carbocycles. The van der Waals surface area contributed by atoms with Gasteiger partial charge >= 0.3 is 5.97 Å². The van der Waals surface area contributed by atoms with Crippen molar-refractivity contribution in [3.8, 4) is 5.75 Å². The van der Waals surface area contributed by atoms with Crippen LogP contribution >= 0.6 is 11.6 Å². The predicted molar refractivity (Wildman–Crippen MR) is 122 cm³/mol. The van der Waals surface area contributed by atoms with E-state index in [0.717, 1.165) is 5.56 Å². The minimum Gasteiger partial charge on any atom is -0.493 e. The Bertz CT molecular complexity index is 1100. The molecular weight excluding hydrogens is 472 g/mol. The minimum absolute atomic E-state index is 0.0233. The molecule has 11 heteroatoms. The number of morpholine rings is 1. The van der Waals surface area contributed by atoms with Gasteiger partial charge in [-0.3, -0.25) is 9.59 Å². The maximum atomic E-state index is 12.9. The SMILES string of the molecule is Cc1ccccc1OCCC(=O)OCC(=O)Nc1ccc(Cl)c(S(=O)(=O)N2CCOCC2)c1. The number of benzene rings is 2. The van der Waals surface area contributed by atoms with Crippen molar-refractivity contribution in [1.29, 1.82) is 0 Å². The van der Waals surface area contributed by atoms with Crippen LogP contribution in [0, 0.1) is 6.92 Å². The lowest BCUT2D eigenvalue weighted by atomic mass is 10.2. The van der Waals surface area contributed by atoms with E-state index in [9.17, 15) is 18.0 Å². The normalized spacial score (nSPS) is 14.5. The number of rotatable bonds is 9. The van der Waals surface area contributed by atoms with Gasteiger partial charge in [0.05, 0.1) is 31.3 Å².